The summed E-state index contributed by atoms with van der Waals surface area (Å²) in [4.78, 5) is 15.7. The van der Waals surface area contributed by atoms with E-state index in [-0.39, 0.29) is 5.91 Å². The zero-order chi connectivity index (χ0) is 13.0. The molecular weight excluding hydrogens is 250 g/mol. The smallest absolute Gasteiger partial charge is 0.258 e. The van der Waals surface area contributed by atoms with Crippen LogP contribution in [0.5, 0.6) is 0 Å². The van der Waals surface area contributed by atoms with Crippen LogP contribution >= 0.6 is 11.8 Å². The molecule has 2 rings (SSSR count). The summed E-state index contributed by atoms with van der Waals surface area (Å²) in [6, 6.07) is 5.31. The number of hydrogen-bond donors (Lipinski definition) is 2. The molecule has 6 nitrogen and oxygen atoms in total. The van der Waals surface area contributed by atoms with Crippen LogP contribution in [0.3, 0.4) is 0 Å². The highest BCUT2D eigenvalue weighted by Gasteiger charge is 2.15. The number of H-pyrrole nitrogens is 1. The Morgan fingerprint density at radius 2 is 2.44 bits per heavy atom. The van der Waals surface area contributed by atoms with Gasteiger partial charge in [-0.2, -0.15) is 10.4 Å². The number of carbonyl (C=O) groups excluding carboxylic acids is 1. The molecule has 90 valence electrons. The molecule has 2 N–H and O–H groups in total. The third-order valence-electron chi connectivity index (χ3n) is 2.20. The number of anilines is 1. The van der Waals surface area contributed by atoms with Crippen LogP contribution < -0.4 is 5.32 Å². The standard InChI is InChI=1S/C11H9N5OS/c1-18-11-8(5-12)9(15-16-11)14-10(17)7-3-2-4-13-6-7/h2-4,6H,1H3,(H2,14,15,16,17). The molecule has 0 aromatic carbocycles. The molecule has 0 aliphatic heterocycles. The normalized spacial score (nSPS) is 9.78. The first-order valence-electron chi connectivity index (χ1n) is 5.00. The van der Waals surface area contributed by atoms with Gasteiger partial charge in [-0.3, -0.25) is 14.9 Å². The van der Waals surface area contributed by atoms with Crippen LogP contribution in [0.15, 0.2) is 29.6 Å². The Morgan fingerprint density at radius 1 is 1.61 bits per heavy atom. The van der Waals surface area contributed by atoms with E-state index in [2.05, 4.69) is 20.5 Å². The monoisotopic (exact) mass is 259 g/mol. The fraction of sp³-hybridized carbons (Fsp3) is 0.0909. The minimum atomic E-state index is -0.337. The van der Waals surface area contributed by atoms with Crippen molar-refractivity contribution in [2.75, 3.05) is 11.6 Å². The highest BCUT2D eigenvalue weighted by Crippen LogP contribution is 2.23. The maximum atomic E-state index is 11.9. The molecule has 0 saturated carbocycles. The lowest BCUT2D eigenvalue weighted by Crippen LogP contribution is -2.13. The molecule has 0 aliphatic rings. The molecule has 0 saturated heterocycles. The lowest BCUT2D eigenvalue weighted by molar-refractivity contribution is 0.102. The Labute approximate surface area is 107 Å². The number of thioether (sulfide) groups is 1. The van der Waals surface area contributed by atoms with E-state index in [1.165, 1.54) is 18.0 Å². The highest BCUT2D eigenvalue weighted by atomic mass is 32.2. The molecule has 2 heterocycles. The molecule has 18 heavy (non-hydrogen) atoms. The average Bonchev–Trinajstić information content (AvgIpc) is 2.81. The van der Waals surface area contributed by atoms with E-state index in [0.717, 1.165) is 0 Å². The molecule has 0 aliphatic carbocycles. The Kier molecular flexibility index (Phi) is 3.60. The molecule has 2 aromatic rings. The molecule has 0 atom stereocenters. The van der Waals surface area contributed by atoms with E-state index in [1.54, 1.807) is 18.3 Å². The first-order chi connectivity index (χ1) is 8.76. The Bertz CT molecular complexity index is 602. The number of aromatic amines is 1. The first kappa shape index (κ1) is 12.1. The van der Waals surface area contributed by atoms with Crippen LogP contribution in [0.2, 0.25) is 0 Å². The fourth-order valence-electron chi connectivity index (χ4n) is 1.35. The lowest BCUT2D eigenvalue weighted by atomic mass is 10.2. The number of amides is 1. The lowest BCUT2D eigenvalue weighted by Gasteiger charge is -2.02. The van der Waals surface area contributed by atoms with E-state index in [9.17, 15) is 4.79 Å². The van der Waals surface area contributed by atoms with Gasteiger partial charge in [-0.05, 0) is 18.4 Å². The van der Waals surface area contributed by atoms with Gasteiger partial charge in [0.15, 0.2) is 0 Å². The van der Waals surface area contributed by atoms with Crippen molar-refractivity contribution in [2.24, 2.45) is 0 Å². The van der Waals surface area contributed by atoms with E-state index >= 15 is 0 Å². The fourth-order valence-corrected chi connectivity index (χ4v) is 1.84. The van der Waals surface area contributed by atoms with Crippen molar-refractivity contribution in [1.82, 2.24) is 15.2 Å². The maximum absolute atomic E-state index is 11.9. The molecule has 7 heteroatoms. The van der Waals surface area contributed by atoms with Gasteiger partial charge in [-0.15, -0.1) is 11.8 Å². The molecule has 2 aromatic heterocycles. The summed E-state index contributed by atoms with van der Waals surface area (Å²) in [5.41, 5.74) is 0.751. The molecule has 1 amide bonds. The number of carbonyl (C=O) groups is 1. The van der Waals surface area contributed by atoms with Crippen molar-refractivity contribution in [3.63, 3.8) is 0 Å². The van der Waals surface area contributed by atoms with Gasteiger partial charge in [-0.1, -0.05) is 0 Å². The van der Waals surface area contributed by atoms with Crippen molar-refractivity contribution in [3.8, 4) is 6.07 Å². The maximum Gasteiger partial charge on any atom is 0.258 e. The third kappa shape index (κ3) is 2.33. The second-order valence-corrected chi connectivity index (χ2v) is 4.09. The number of hydrogen-bond acceptors (Lipinski definition) is 5. The van der Waals surface area contributed by atoms with Crippen LogP contribution in [-0.2, 0) is 0 Å². The van der Waals surface area contributed by atoms with E-state index in [4.69, 9.17) is 5.26 Å². The van der Waals surface area contributed by atoms with Crippen LogP contribution in [0.25, 0.3) is 0 Å². The summed E-state index contributed by atoms with van der Waals surface area (Å²) in [7, 11) is 0. The highest BCUT2D eigenvalue weighted by molar-refractivity contribution is 7.98. The van der Waals surface area contributed by atoms with Gasteiger partial charge in [-0.25, -0.2) is 0 Å². The van der Waals surface area contributed by atoms with E-state index in [1.807, 2.05) is 12.3 Å². The summed E-state index contributed by atoms with van der Waals surface area (Å²) in [5, 5.41) is 18.7. The Morgan fingerprint density at radius 3 is 3.06 bits per heavy atom. The molecular formula is C11H9N5OS. The number of nitrogens with zero attached hydrogens (tertiary/aromatic N) is 3. The van der Waals surface area contributed by atoms with Crippen LogP contribution in [0.4, 0.5) is 5.82 Å². The summed E-state index contributed by atoms with van der Waals surface area (Å²) in [5.74, 6) is -0.0355. The number of aromatic nitrogens is 3. The molecule has 0 radical (unpaired) electrons. The topological polar surface area (TPSA) is 94.5 Å². The van der Waals surface area contributed by atoms with Crippen LogP contribution in [-0.4, -0.2) is 27.3 Å². The molecule has 0 fully saturated rings. The summed E-state index contributed by atoms with van der Waals surface area (Å²) in [6.07, 6.45) is 4.84. The number of nitrogens with one attached hydrogen (secondary N) is 2. The summed E-state index contributed by atoms with van der Waals surface area (Å²) < 4.78 is 0. The van der Waals surface area contributed by atoms with Crippen LogP contribution in [0, 0.1) is 11.3 Å². The average molecular weight is 259 g/mol. The SMILES string of the molecule is CSc1n[nH]c(NC(=O)c2cccnc2)c1C#N. The van der Waals surface area contributed by atoms with Crippen molar-refractivity contribution >= 4 is 23.5 Å². The number of rotatable bonds is 3. The molecule has 0 unspecified atom stereocenters. The van der Waals surface area contributed by atoms with E-state index in [0.29, 0.717) is 22.0 Å². The van der Waals surface area contributed by atoms with Gasteiger partial charge in [0.05, 0.1) is 5.56 Å². The van der Waals surface area contributed by atoms with Crippen molar-refractivity contribution in [3.05, 3.63) is 35.7 Å². The zero-order valence-corrected chi connectivity index (χ0v) is 10.3. The largest absolute Gasteiger partial charge is 0.306 e. The Hall–Kier alpha value is -2.33. The summed E-state index contributed by atoms with van der Waals surface area (Å²) in [6.45, 7) is 0. The second-order valence-electron chi connectivity index (χ2n) is 3.29. The Balaban J connectivity index is 2.23. The van der Waals surface area contributed by atoms with Crippen molar-refractivity contribution in [2.45, 2.75) is 5.03 Å². The van der Waals surface area contributed by atoms with Gasteiger partial charge in [0.1, 0.15) is 22.5 Å². The van der Waals surface area contributed by atoms with Crippen molar-refractivity contribution < 1.29 is 4.79 Å². The minimum absolute atomic E-state index is 0.302. The number of pyridine rings is 1. The zero-order valence-electron chi connectivity index (χ0n) is 9.47. The van der Waals surface area contributed by atoms with Gasteiger partial charge >= 0.3 is 0 Å². The first-order valence-corrected chi connectivity index (χ1v) is 6.22. The van der Waals surface area contributed by atoms with Gasteiger partial charge in [0, 0.05) is 12.4 Å². The predicted molar refractivity (Wildman–Crippen MR) is 67.3 cm³/mol. The van der Waals surface area contributed by atoms with Gasteiger partial charge in [0.2, 0.25) is 0 Å². The minimum Gasteiger partial charge on any atom is -0.306 e. The van der Waals surface area contributed by atoms with Gasteiger partial charge in [0.25, 0.3) is 5.91 Å². The van der Waals surface area contributed by atoms with Crippen molar-refractivity contribution in [1.29, 1.82) is 5.26 Å². The predicted octanol–water partition coefficient (Wildman–Crippen LogP) is 1.65. The second kappa shape index (κ2) is 5.33. The van der Waals surface area contributed by atoms with E-state index < -0.39 is 0 Å². The van der Waals surface area contributed by atoms with Crippen LogP contribution in [0.1, 0.15) is 15.9 Å². The number of nitriles is 1. The van der Waals surface area contributed by atoms with Gasteiger partial charge < -0.3 is 5.32 Å². The quantitative estimate of drug-likeness (QED) is 0.817. The summed E-state index contributed by atoms with van der Waals surface area (Å²) >= 11 is 1.34. The third-order valence-corrected chi connectivity index (χ3v) is 2.88. The molecule has 0 spiro atoms. The molecule has 0 bridgehead atoms.